The van der Waals surface area contributed by atoms with E-state index in [2.05, 4.69) is 5.32 Å². The maximum absolute atomic E-state index is 10.9. The van der Waals surface area contributed by atoms with Gasteiger partial charge in [-0.1, -0.05) is 32.1 Å². The van der Waals surface area contributed by atoms with Crippen LogP contribution in [0.15, 0.2) is 35.8 Å². The van der Waals surface area contributed by atoms with Crippen LogP contribution in [0.4, 0.5) is 0 Å². The van der Waals surface area contributed by atoms with Crippen molar-refractivity contribution in [3.63, 3.8) is 0 Å². The van der Waals surface area contributed by atoms with Crippen molar-refractivity contribution in [3.05, 3.63) is 35.8 Å². The molecule has 1 heterocycles. The van der Waals surface area contributed by atoms with Crippen LogP contribution >= 0.6 is 0 Å². The van der Waals surface area contributed by atoms with Crippen LogP contribution in [0.3, 0.4) is 0 Å². The highest BCUT2D eigenvalue weighted by atomic mass is 16.5. The molecule has 1 fully saturated rings. The molecule has 1 amide bonds. The molecule has 0 saturated carbocycles. The van der Waals surface area contributed by atoms with Gasteiger partial charge in [0.1, 0.15) is 5.76 Å². The summed E-state index contributed by atoms with van der Waals surface area (Å²) >= 11 is 0. The Labute approximate surface area is 84.1 Å². The third-order valence-corrected chi connectivity index (χ3v) is 1.74. The number of ether oxygens (including phenoxy) is 1. The molecule has 1 aliphatic heterocycles. The number of fused-ring (bicyclic) bond motifs is 1. The number of carbonyl (C=O) groups is 1. The van der Waals surface area contributed by atoms with Gasteiger partial charge in [0.15, 0.2) is 6.61 Å². The average Bonchev–Trinajstić information content (AvgIpc) is 2.45. The molecule has 0 atom stereocenters. The molecule has 76 valence electrons. The lowest BCUT2D eigenvalue weighted by atomic mass is 10.3. The zero-order chi connectivity index (χ0) is 10.4. The first-order valence-corrected chi connectivity index (χ1v) is 4.86. The molecule has 0 aromatic rings. The van der Waals surface area contributed by atoms with E-state index >= 15 is 0 Å². The van der Waals surface area contributed by atoms with Crippen LogP contribution in [0.25, 0.3) is 0 Å². The maximum atomic E-state index is 10.9. The summed E-state index contributed by atoms with van der Waals surface area (Å²) in [6.45, 7) is 4.12. The van der Waals surface area contributed by atoms with E-state index in [4.69, 9.17) is 4.74 Å². The second-order valence-electron chi connectivity index (χ2n) is 2.65. The first-order valence-electron chi connectivity index (χ1n) is 4.86. The van der Waals surface area contributed by atoms with E-state index in [0.717, 1.165) is 17.9 Å². The van der Waals surface area contributed by atoms with Gasteiger partial charge in [0, 0.05) is 0 Å². The molecule has 2 rings (SSSR count). The number of carbonyl (C=O) groups excluding carboxylic acids is 1. The molecule has 3 heteroatoms. The molecule has 0 aromatic carbocycles. The van der Waals surface area contributed by atoms with E-state index < -0.39 is 0 Å². The molecule has 0 spiro atoms. The van der Waals surface area contributed by atoms with E-state index in [-0.39, 0.29) is 12.5 Å². The van der Waals surface area contributed by atoms with Crippen LogP contribution in [0.5, 0.6) is 0 Å². The molecule has 0 bridgehead atoms. The Bertz CT molecular complexity index is 300. The minimum absolute atomic E-state index is 0.0831. The summed E-state index contributed by atoms with van der Waals surface area (Å²) < 4.78 is 5.20. The van der Waals surface area contributed by atoms with Gasteiger partial charge in [-0.15, -0.1) is 0 Å². The average molecular weight is 193 g/mol. The molecule has 1 N–H and O–H groups in total. The second-order valence-corrected chi connectivity index (χ2v) is 2.65. The predicted molar refractivity (Wildman–Crippen MR) is 55.4 cm³/mol. The van der Waals surface area contributed by atoms with Crippen LogP contribution in [0.1, 0.15) is 20.3 Å². The van der Waals surface area contributed by atoms with Crippen molar-refractivity contribution in [3.8, 4) is 0 Å². The summed E-state index contributed by atoms with van der Waals surface area (Å²) in [5.74, 6) is 0.670. The van der Waals surface area contributed by atoms with Gasteiger partial charge in [-0.05, 0) is 12.5 Å². The smallest absolute Gasteiger partial charge is 0.262 e. The normalized spacial score (nSPS) is 18.6. The fourth-order valence-corrected chi connectivity index (χ4v) is 1.18. The summed E-state index contributed by atoms with van der Waals surface area (Å²) in [5.41, 5.74) is 0.788. The van der Waals surface area contributed by atoms with E-state index in [1.165, 1.54) is 0 Å². The quantitative estimate of drug-likeness (QED) is 0.638. The summed E-state index contributed by atoms with van der Waals surface area (Å²) in [6.07, 6.45) is 8.56. The first kappa shape index (κ1) is 10.6. The summed E-state index contributed by atoms with van der Waals surface area (Å²) in [6, 6.07) is 0. The maximum Gasteiger partial charge on any atom is 0.262 e. The number of hydrogen-bond acceptors (Lipinski definition) is 2. The van der Waals surface area contributed by atoms with Crippen molar-refractivity contribution in [2.24, 2.45) is 0 Å². The van der Waals surface area contributed by atoms with Crippen molar-refractivity contribution in [2.75, 3.05) is 6.61 Å². The Morgan fingerprint density at radius 1 is 1.43 bits per heavy atom. The number of nitrogens with one attached hydrogen (secondary N) is 1. The van der Waals surface area contributed by atoms with Crippen molar-refractivity contribution >= 4 is 5.91 Å². The van der Waals surface area contributed by atoms with Gasteiger partial charge in [0.05, 0.1) is 5.70 Å². The Morgan fingerprint density at radius 3 is 3.00 bits per heavy atom. The van der Waals surface area contributed by atoms with Crippen LogP contribution in [-0.4, -0.2) is 12.5 Å². The number of allylic oxidation sites excluding steroid dienone is 4. The monoisotopic (exact) mass is 193 g/mol. The van der Waals surface area contributed by atoms with E-state index in [1.54, 1.807) is 0 Å². The molecule has 1 aliphatic carbocycles. The highest BCUT2D eigenvalue weighted by molar-refractivity contribution is 5.81. The van der Waals surface area contributed by atoms with Gasteiger partial charge in [-0.3, -0.25) is 4.79 Å². The minimum atomic E-state index is -0.0831. The third kappa shape index (κ3) is 2.49. The van der Waals surface area contributed by atoms with Crippen LogP contribution < -0.4 is 5.32 Å². The Hall–Kier alpha value is -1.51. The zero-order valence-electron chi connectivity index (χ0n) is 8.54. The predicted octanol–water partition coefficient (Wildman–Crippen LogP) is 1.89. The minimum Gasteiger partial charge on any atom is -0.482 e. The van der Waals surface area contributed by atoms with Gasteiger partial charge in [-0.25, -0.2) is 0 Å². The molecule has 1 saturated heterocycles. The largest absolute Gasteiger partial charge is 0.482 e. The fraction of sp³-hybridized carbons (Fsp3) is 0.364. The van der Waals surface area contributed by atoms with E-state index in [0.29, 0.717) is 0 Å². The van der Waals surface area contributed by atoms with Gasteiger partial charge in [0.25, 0.3) is 5.91 Å². The second kappa shape index (κ2) is 5.27. The number of morpholine rings is 1. The third-order valence-electron chi connectivity index (χ3n) is 1.74. The topological polar surface area (TPSA) is 38.3 Å². The highest BCUT2D eigenvalue weighted by Crippen LogP contribution is 2.16. The SMILES string of the molecule is CC.O=C1COC2=CC=CCC=C2N1. The van der Waals surface area contributed by atoms with Crippen LogP contribution in [0.2, 0.25) is 0 Å². The Morgan fingerprint density at radius 2 is 2.21 bits per heavy atom. The van der Waals surface area contributed by atoms with Crippen molar-refractivity contribution in [2.45, 2.75) is 20.3 Å². The van der Waals surface area contributed by atoms with E-state index in [1.807, 2.05) is 38.2 Å². The number of hydrogen-bond donors (Lipinski definition) is 1. The number of amides is 1. The van der Waals surface area contributed by atoms with Gasteiger partial charge < -0.3 is 10.1 Å². The summed E-state index contributed by atoms with van der Waals surface area (Å²) in [7, 11) is 0. The molecule has 0 radical (unpaired) electrons. The number of rotatable bonds is 0. The summed E-state index contributed by atoms with van der Waals surface area (Å²) in [5, 5.41) is 2.75. The lowest BCUT2D eigenvalue weighted by Gasteiger charge is -2.19. The van der Waals surface area contributed by atoms with Gasteiger partial charge in [-0.2, -0.15) is 0 Å². The highest BCUT2D eigenvalue weighted by Gasteiger charge is 2.17. The molecule has 2 aliphatic rings. The molecule has 3 nitrogen and oxygen atoms in total. The van der Waals surface area contributed by atoms with E-state index in [9.17, 15) is 4.79 Å². The van der Waals surface area contributed by atoms with Crippen molar-refractivity contribution < 1.29 is 9.53 Å². The summed E-state index contributed by atoms with van der Waals surface area (Å²) in [4.78, 5) is 10.9. The first-order chi connectivity index (χ1) is 6.86. The molecular weight excluding hydrogens is 178 g/mol. The zero-order valence-corrected chi connectivity index (χ0v) is 8.54. The van der Waals surface area contributed by atoms with Crippen LogP contribution in [0, 0.1) is 0 Å². The lowest BCUT2D eigenvalue weighted by molar-refractivity contribution is -0.125. The molecule has 14 heavy (non-hydrogen) atoms. The Kier molecular flexibility index (Phi) is 3.98. The Balaban J connectivity index is 0.000000461. The lowest BCUT2D eigenvalue weighted by Crippen LogP contribution is -2.33. The van der Waals surface area contributed by atoms with Crippen LogP contribution in [-0.2, 0) is 9.53 Å². The molecule has 0 aromatic heterocycles. The van der Waals surface area contributed by atoms with Gasteiger partial charge >= 0.3 is 0 Å². The molecule has 0 unspecified atom stereocenters. The molecular formula is C11H15NO2. The van der Waals surface area contributed by atoms with Crippen molar-refractivity contribution in [1.82, 2.24) is 5.32 Å². The fourth-order valence-electron chi connectivity index (χ4n) is 1.18. The standard InChI is InChI=1S/C9H9NO2.C2H6/c11-9-6-12-8-5-3-1-2-4-7(8)10-9;1-2/h1,3-5H,2,6H2,(H,10,11);1-2H3. The van der Waals surface area contributed by atoms with Gasteiger partial charge in [0.2, 0.25) is 0 Å². The van der Waals surface area contributed by atoms with Crippen molar-refractivity contribution in [1.29, 1.82) is 0 Å².